The van der Waals surface area contributed by atoms with E-state index in [0.717, 1.165) is 6.42 Å². The second-order valence-electron chi connectivity index (χ2n) is 4.84. The van der Waals surface area contributed by atoms with Crippen molar-refractivity contribution in [1.29, 1.82) is 0 Å². The molecule has 0 saturated heterocycles. The van der Waals surface area contributed by atoms with Gasteiger partial charge < -0.3 is 10.1 Å². The number of amides is 1. The molecule has 0 spiro atoms. The highest BCUT2D eigenvalue weighted by molar-refractivity contribution is 7.89. The normalized spacial score (nSPS) is 14.3. The molecule has 1 amide bonds. The second-order valence-corrected chi connectivity index (χ2v) is 6.55. The van der Waals surface area contributed by atoms with E-state index in [-0.39, 0.29) is 16.8 Å². The molecular weight excluding hydrogens is 292 g/mol. The highest BCUT2D eigenvalue weighted by Gasteiger charge is 2.22. The topological polar surface area (TPSA) is 84.5 Å². The maximum atomic E-state index is 12.2. The van der Waals surface area contributed by atoms with Crippen LogP contribution < -0.4 is 14.8 Å². The van der Waals surface area contributed by atoms with Crippen molar-refractivity contribution < 1.29 is 17.9 Å². The molecule has 2 N–H and O–H groups in total. The molecule has 0 saturated carbocycles. The van der Waals surface area contributed by atoms with E-state index in [0.29, 0.717) is 5.75 Å². The molecule has 1 rings (SSSR count). The molecule has 21 heavy (non-hydrogen) atoms. The number of hydrogen-bond donors (Lipinski definition) is 2. The Hall–Kier alpha value is -1.60. The van der Waals surface area contributed by atoms with E-state index in [1.54, 1.807) is 12.1 Å². The molecule has 1 aromatic rings. The number of ether oxygens (including phenoxy) is 1. The van der Waals surface area contributed by atoms with Crippen molar-refractivity contribution in [3.63, 3.8) is 0 Å². The molecular formula is C14H22N2O4S. The van der Waals surface area contributed by atoms with Crippen molar-refractivity contribution >= 4 is 15.9 Å². The van der Waals surface area contributed by atoms with Gasteiger partial charge >= 0.3 is 0 Å². The Morgan fingerprint density at radius 2 is 1.81 bits per heavy atom. The van der Waals surface area contributed by atoms with Gasteiger partial charge in [0.05, 0.1) is 18.0 Å². The Balaban J connectivity index is 2.77. The summed E-state index contributed by atoms with van der Waals surface area (Å²) in [6, 6.07) is 5.13. The van der Waals surface area contributed by atoms with Crippen LogP contribution in [0.4, 0.5) is 0 Å². The minimum absolute atomic E-state index is 0.00504. The molecule has 0 aliphatic carbocycles. The predicted octanol–water partition coefficient (Wildman–Crippen LogP) is 1.28. The number of carbonyl (C=O) groups excluding carboxylic acids is 1. The first-order valence-electron chi connectivity index (χ1n) is 6.77. The average Bonchev–Trinajstić information content (AvgIpc) is 2.46. The van der Waals surface area contributed by atoms with Crippen LogP contribution in [0, 0.1) is 0 Å². The molecule has 1 aromatic carbocycles. The van der Waals surface area contributed by atoms with Crippen molar-refractivity contribution in [1.82, 2.24) is 10.0 Å². The van der Waals surface area contributed by atoms with Gasteiger partial charge in [0.25, 0.3) is 0 Å². The first-order valence-corrected chi connectivity index (χ1v) is 8.25. The summed E-state index contributed by atoms with van der Waals surface area (Å²) in [4.78, 5) is 12.0. The highest BCUT2D eigenvalue weighted by Crippen LogP contribution is 2.15. The quantitative estimate of drug-likeness (QED) is 0.794. The van der Waals surface area contributed by atoms with E-state index >= 15 is 0 Å². The first kappa shape index (κ1) is 17.5. The van der Waals surface area contributed by atoms with Gasteiger partial charge in [-0.3, -0.25) is 4.79 Å². The predicted molar refractivity (Wildman–Crippen MR) is 80.7 cm³/mol. The molecule has 6 nitrogen and oxygen atoms in total. The lowest BCUT2D eigenvalue weighted by molar-refractivity contribution is -0.122. The molecule has 0 aliphatic rings. The van der Waals surface area contributed by atoms with E-state index in [4.69, 9.17) is 4.74 Å². The fourth-order valence-corrected chi connectivity index (χ4v) is 2.78. The van der Waals surface area contributed by atoms with Crippen LogP contribution in [0.15, 0.2) is 29.2 Å². The monoisotopic (exact) mass is 314 g/mol. The Kier molecular flexibility index (Phi) is 6.17. The summed E-state index contributed by atoms with van der Waals surface area (Å²) in [6.45, 7) is 5.32. The average molecular weight is 314 g/mol. The van der Waals surface area contributed by atoms with E-state index in [2.05, 4.69) is 10.0 Å². The van der Waals surface area contributed by atoms with Crippen molar-refractivity contribution in [2.24, 2.45) is 0 Å². The van der Waals surface area contributed by atoms with Crippen LogP contribution in [0.5, 0.6) is 5.75 Å². The third-order valence-electron chi connectivity index (χ3n) is 3.10. The third-order valence-corrected chi connectivity index (χ3v) is 4.65. The van der Waals surface area contributed by atoms with Crippen molar-refractivity contribution in [2.75, 3.05) is 7.11 Å². The van der Waals surface area contributed by atoms with E-state index < -0.39 is 16.1 Å². The molecule has 118 valence electrons. The maximum absolute atomic E-state index is 12.2. The molecule has 7 heteroatoms. The fourth-order valence-electron chi connectivity index (χ4n) is 1.58. The Morgan fingerprint density at radius 1 is 1.24 bits per heavy atom. The minimum atomic E-state index is -3.74. The van der Waals surface area contributed by atoms with Gasteiger partial charge in [0.2, 0.25) is 15.9 Å². The Labute approximate surface area is 125 Å². The summed E-state index contributed by atoms with van der Waals surface area (Å²) in [6.07, 6.45) is 0.781. The Bertz CT molecular complexity index is 569. The van der Waals surface area contributed by atoms with Crippen LogP contribution in [0.2, 0.25) is 0 Å². The lowest BCUT2D eigenvalue weighted by atomic mass is 10.2. The molecule has 2 atom stereocenters. The number of hydrogen-bond acceptors (Lipinski definition) is 4. The lowest BCUT2D eigenvalue weighted by Gasteiger charge is -2.17. The SMILES string of the molecule is CC[C@@H](C)NC(=O)[C@H](C)NS(=O)(=O)c1ccc(OC)cc1. The second kappa shape index (κ2) is 7.42. The standard InChI is InChI=1S/C14H22N2O4S/c1-5-10(2)15-14(17)11(3)16-21(18,19)13-8-6-12(20-4)7-9-13/h6-11,16H,5H2,1-4H3,(H,15,17)/t10-,11+/m1/s1. The summed E-state index contributed by atoms with van der Waals surface area (Å²) < 4.78 is 31.7. The molecule has 0 radical (unpaired) electrons. The number of carbonyl (C=O) groups is 1. The van der Waals surface area contributed by atoms with Crippen LogP contribution in [0.3, 0.4) is 0 Å². The summed E-state index contributed by atoms with van der Waals surface area (Å²) in [5, 5.41) is 2.74. The summed E-state index contributed by atoms with van der Waals surface area (Å²) in [5.41, 5.74) is 0. The van der Waals surface area contributed by atoms with Gasteiger partial charge in [-0.15, -0.1) is 0 Å². The van der Waals surface area contributed by atoms with E-state index in [1.807, 2.05) is 13.8 Å². The zero-order valence-corrected chi connectivity index (χ0v) is 13.5. The van der Waals surface area contributed by atoms with Crippen molar-refractivity contribution in [3.8, 4) is 5.75 Å². The maximum Gasteiger partial charge on any atom is 0.241 e. The molecule has 0 aliphatic heterocycles. The summed E-state index contributed by atoms with van der Waals surface area (Å²) >= 11 is 0. The number of sulfonamides is 1. The van der Waals surface area contributed by atoms with Crippen LogP contribution in [-0.2, 0) is 14.8 Å². The Morgan fingerprint density at radius 3 is 2.29 bits per heavy atom. The van der Waals surface area contributed by atoms with Gasteiger partial charge in [0.15, 0.2) is 0 Å². The van der Waals surface area contributed by atoms with E-state index in [1.165, 1.54) is 26.2 Å². The zero-order chi connectivity index (χ0) is 16.0. The molecule has 0 unspecified atom stereocenters. The lowest BCUT2D eigenvalue weighted by Crippen LogP contribution is -2.47. The minimum Gasteiger partial charge on any atom is -0.497 e. The van der Waals surface area contributed by atoms with Gasteiger partial charge in [0, 0.05) is 6.04 Å². The summed E-state index contributed by atoms with van der Waals surface area (Å²) in [5.74, 6) is 0.220. The van der Waals surface area contributed by atoms with Crippen LogP contribution >= 0.6 is 0 Å². The van der Waals surface area contributed by atoms with Crippen molar-refractivity contribution in [2.45, 2.75) is 44.2 Å². The first-order chi connectivity index (χ1) is 9.80. The van der Waals surface area contributed by atoms with Crippen LogP contribution in [0.1, 0.15) is 27.2 Å². The van der Waals surface area contributed by atoms with Gasteiger partial charge in [-0.2, -0.15) is 4.72 Å². The third kappa shape index (κ3) is 5.02. The molecule has 0 fully saturated rings. The van der Waals surface area contributed by atoms with Gasteiger partial charge in [-0.05, 0) is 44.5 Å². The number of methoxy groups -OCH3 is 1. The van der Waals surface area contributed by atoms with Gasteiger partial charge in [-0.25, -0.2) is 8.42 Å². The number of benzene rings is 1. The highest BCUT2D eigenvalue weighted by atomic mass is 32.2. The largest absolute Gasteiger partial charge is 0.497 e. The van der Waals surface area contributed by atoms with Gasteiger partial charge in [0.1, 0.15) is 5.75 Å². The van der Waals surface area contributed by atoms with Crippen LogP contribution in [0.25, 0.3) is 0 Å². The van der Waals surface area contributed by atoms with E-state index in [9.17, 15) is 13.2 Å². The number of rotatable bonds is 7. The smallest absolute Gasteiger partial charge is 0.241 e. The zero-order valence-electron chi connectivity index (χ0n) is 12.7. The molecule has 0 aromatic heterocycles. The summed E-state index contributed by atoms with van der Waals surface area (Å²) in [7, 11) is -2.24. The van der Waals surface area contributed by atoms with Crippen LogP contribution in [-0.4, -0.2) is 33.5 Å². The molecule has 0 bridgehead atoms. The van der Waals surface area contributed by atoms with Crippen molar-refractivity contribution in [3.05, 3.63) is 24.3 Å². The number of nitrogens with one attached hydrogen (secondary N) is 2. The fraction of sp³-hybridized carbons (Fsp3) is 0.500. The van der Waals surface area contributed by atoms with Gasteiger partial charge in [-0.1, -0.05) is 6.92 Å². The molecule has 0 heterocycles.